The number of hydrogen-bond acceptors (Lipinski definition) is 2. The molecule has 3 rings (SSSR count). The quantitative estimate of drug-likeness (QED) is 0.290. The van der Waals surface area contributed by atoms with Crippen molar-refractivity contribution in [3.05, 3.63) is 91.0 Å². The number of benzene rings is 3. The Morgan fingerprint density at radius 1 is 0.750 bits per heavy atom. The van der Waals surface area contributed by atoms with Gasteiger partial charge in [0.15, 0.2) is 6.16 Å². The van der Waals surface area contributed by atoms with E-state index in [1.807, 2.05) is 18.2 Å². The number of unbranched alkanes of at least 4 members (excludes halogenated alkanes) is 1. The lowest BCUT2D eigenvalue weighted by atomic mass is 10.4. The van der Waals surface area contributed by atoms with Crippen LogP contribution < -0.4 is 32.9 Å². The summed E-state index contributed by atoms with van der Waals surface area (Å²) in [6, 6.07) is 31.3. The number of carbonyl (C=O) groups excluding carboxylic acids is 1. The molecule has 0 spiro atoms. The predicted molar refractivity (Wildman–Crippen MR) is 116 cm³/mol. The van der Waals surface area contributed by atoms with Crippen molar-refractivity contribution in [2.75, 3.05) is 12.8 Å². The Balaban J connectivity index is 0.00000280. The Morgan fingerprint density at radius 2 is 1.14 bits per heavy atom. The van der Waals surface area contributed by atoms with E-state index in [-0.39, 0.29) is 23.0 Å². The monoisotopic (exact) mass is 456 g/mol. The molecule has 3 aromatic carbocycles. The molecular weight excluding hydrogens is 431 g/mol. The van der Waals surface area contributed by atoms with Crippen molar-refractivity contribution < 1.29 is 26.5 Å². The molecule has 0 aliphatic carbocycles. The van der Waals surface area contributed by atoms with Gasteiger partial charge in [-0.2, -0.15) is 0 Å². The second-order valence-corrected chi connectivity index (χ2v) is 10.0. The van der Waals surface area contributed by atoms with Crippen molar-refractivity contribution in [1.82, 2.24) is 0 Å². The average molecular weight is 457 g/mol. The third kappa shape index (κ3) is 5.10. The molecule has 0 fully saturated rings. The number of halogens is 1. The fourth-order valence-corrected chi connectivity index (χ4v) is 7.30. The Morgan fingerprint density at radius 3 is 1.50 bits per heavy atom. The van der Waals surface area contributed by atoms with E-state index in [2.05, 4.69) is 79.7 Å². The minimum Gasteiger partial charge on any atom is -1.00 e. The van der Waals surface area contributed by atoms with Crippen LogP contribution >= 0.6 is 7.26 Å². The highest BCUT2D eigenvalue weighted by molar-refractivity contribution is 7.96. The number of ether oxygens (including phenoxy) is 1. The van der Waals surface area contributed by atoms with Gasteiger partial charge >= 0.3 is 5.97 Å². The topological polar surface area (TPSA) is 26.3 Å². The van der Waals surface area contributed by atoms with E-state index >= 15 is 0 Å². The summed E-state index contributed by atoms with van der Waals surface area (Å²) < 4.78 is 5.59. The maximum absolute atomic E-state index is 12.9. The summed E-state index contributed by atoms with van der Waals surface area (Å²) in [4.78, 5) is 12.9. The first kappa shape index (κ1) is 22.3. The average Bonchev–Trinajstić information content (AvgIpc) is 2.74. The van der Waals surface area contributed by atoms with Crippen LogP contribution in [-0.2, 0) is 9.53 Å². The molecule has 28 heavy (non-hydrogen) atoms. The molecule has 0 N–H and O–H groups in total. The van der Waals surface area contributed by atoms with Gasteiger partial charge in [0.2, 0.25) is 0 Å². The second-order valence-electron chi connectivity index (χ2n) is 6.55. The van der Waals surface area contributed by atoms with E-state index in [0.717, 1.165) is 12.8 Å². The molecule has 0 saturated heterocycles. The van der Waals surface area contributed by atoms with Crippen molar-refractivity contribution in [2.24, 2.45) is 0 Å². The number of esters is 1. The molecule has 0 atom stereocenters. The van der Waals surface area contributed by atoms with Crippen LogP contribution in [0.15, 0.2) is 91.0 Å². The molecule has 0 bridgehead atoms. The summed E-state index contributed by atoms with van der Waals surface area (Å²) in [6.07, 6.45) is 2.30. The van der Waals surface area contributed by atoms with E-state index in [0.29, 0.717) is 12.8 Å². The molecule has 0 heterocycles. The summed E-state index contributed by atoms with van der Waals surface area (Å²) in [7, 11) is -2.13. The van der Waals surface area contributed by atoms with Crippen LogP contribution in [0, 0.1) is 0 Å². The first-order valence-corrected chi connectivity index (χ1v) is 11.5. The van der Waals surface area contributed by atoms with Gasteiger partial charge in [0, 0.05) is 0 Å². The van der Waals surface area contributed by atoms with Gasteiger partial charge in [-0.05, 0) is 42.8 Å². The Hall–Kier alpha value is -1.96. The van der Waals surface area contributed by atoms with Gasteiger partial charge in [-0.3, -0.25) is 0 Å². The van der Waals surface area contributed by atoms with Gasteiger partial charge in [0.05, 0.1) is 6.61 Å². The highest BCUT2D eigenvalue weighted by Crippen LogP contribution is 2.55. The van der Waals surface area contributed by atoms with E-state index in [1.165, 1.54) is 15.9 Å². The molecule has 3 aromatic rings. The Bertz CT molecular complexity index is 742. The summed E-state index contributed by atoms with van der Waals surface area (Å²) in [6.45, 7) is 2.59. The summed E-state index contributed by atoms with van der Waals surface area (Å²) >= 11 is 0. The fraction of sp³-hybridized carbons (Fsp3) is 0.208. The lowest BCUT2D eigenvalue weighted by Crippen LogP contribution is -3.00. The van der Waals surface area contributed by atoms with E-state index in [4.69, 9.17) is 4.74 Å². The lowest BCUT2D eigenvalue weighted by Gasteiger charge is -2.26. The zero-order valence-corrected chi connectivity index (χ0v) is 18.6. The standard InChI is InChI=1S/C24H26O2P.BrH/c1-2-3-19-26-24(25)20-27(21-13-7-4-8-14-21,22-15-9-5-10-16-22)23-17-11-6-12-18-23;/h4-18H,2-3,19-20H2,1H3;1H/q+1;/p-1. The normalized spacial score (nSPS) is 10.8. The molecule has 0 aromatic heterocycles. The Labute approximate surface area is 179 Å². The van der Waals surface area contributed by atoms with Gasteiger partial charge in [-0.1, -0.05) is 67.9 Å². The third-order valence-corrected chi connectivity index (χ3v) is 8.99. The molecule has 4 heteroatoms. The SMILES string of the molecule is CCCCOC(=O)C[P+](c1ccccc1)(c1ccccc1)c1ccccc1.[Br-]. The molecule has 2 nitrogen and oxygen atoms in total. The molecule has 0 amide bonds. The number of rotatable bonds is 8. The van der Waals surface area contributed by atoms with E-state index in [9.17, 15) is 4.79 Å². The van der Waals surface area contributed by atoms with Crippen LogP contribution in [0.1, 0.15) is 19.8 Å². The van der Waals surface area contributed by atoms with Crippen LogP contribution in [-0.4, -0.2) is 18.7 Å². The Kier molecular flexibility index (Phi) is 8.89. The van der Waals surface area contributed by atoms with E-state index in [1.54, 1.807) is 0 Å². The largest absolute Gasteiger partial charge is 1.00 e. The lowest BCUT2D eigenvalue weighted by molar-refractivity contribution is -0.140. The molecule has 146 valence electrons. The third-order valence-electron chi connectivity index (χ3n) is 4.72. The highest BCUT2D eigenvalue weighted by atomic mass is 79.9. The van der Waals surface area contributed by atoms with Crippen LogP contribution in [0.5, 0.6) is 0 Å². The molecular formula is C24H26BrO2P. The molecule has 0 unspecified atom stereocenters. The van der Waals surface area contributed by atoms with Crippen LogP contribution in [0.3, 0.4) is 0 Å². The predicted octanol–water partition coefficient (Wildman–Crippen LogP) is 1.33. The van der Waals surface area contributed by atoms with Crippen molar-refractivity contribution in [2.45, 2.75) is 19.8 Å². The van der Waals surface area contributed by atoms with Crippen molar-refractivity contribution in [3.63, 3.8) is 0 Å². The molecule has 0 saturated carbocycles. The van der Waals surface area contributed by atoms with Gasteiger partial charge in [0.25, 0.3) is 0 Å². The minimum absolute atomic E-state index is 0. The van der Waals surface area contributed by atoms with Crippen LogP contribution in [0.4, 0.5) is 0 Å². The fourth-order valence-electron chi connectivity index (χ4n) is 3.34. The molecule has 0 radical (unpaired) electrons. The first-order valence-electron chi connectivity index (χ1n) is 9.48. The number of carbonyl (C=O) groups is 1. The number of hydrogen-bond donors (Lipinski definition) is 0. The summed E-state index contributed by atoms with van der Waals surface area (Å²) in [5.41, 5.74) is 0. The van der Waals surface area contributed by atoms with Crippen LogP contribution in [0.2, 0.25) is 0 Å². The van der Waals surface area contributed by atoms with Gasteiger partial charge < -0.3 is 21.7 Å². The minimum atomic E-state index is -2.13. The van der Waals surface area contributed by atoms with Crippen molar-refractivity contribution in [1.29, 1.82) is 0 Å². The van der Waals surface area contributed by atoms with Gasteiger partial charge in [0.1, 0.15) is 23.2 Å². The summed E-state index contributed by atoms with van der Waals surface area (Å²) in [5.74, 6) is -0.117. The second kappa shape index (κ2) is 11.1. The van der Waals surface area contributed by atoms with Crippen molar-refractivity contribution in [3.8, 4) is 0 Å². The zero-order valence-electron chi connectivity index (χ0n) is 16.1. The van der Waals surface area contributed by atoms with Gasteiger partial charge in [-0.15, -0.1) is 0 Å². The smallest absolute Gasteiger partial charge is 0.345 e. The van der Waals surface area contributed by atoms with Crippen LogP contribution in [0.25, 0.3) is 0 Å². The maximum atomic E-state index is 12.9. The van der Waals surface area contributed by atoms with Crippen molar-refractivity contribution >= 4 is 29.1 Å². The maximum Gasteiger partial charge on any atom is 0.345 e. The molecule has 0 aliphatic heterocycles. The summed E-state index contributed by atoms with van der Waals surface area (Å²) in [5, 5.41) is 3.61. The highest BCUT2D eigenvalue weighted by Gasteiger charge is 2.47. The van der Waals surface area contributed by atoms with Gasteiger partial charge in [-0.25, -0.2) is 4.79 Å². The molecule has 0 aliphatic rings. The first-order chi connectivity index (χ1) is 13.3. The zero-order chi connectivity index (χ0) is 19.0. The van der Waals surface area contributed by atoms with E-state index < -0.39 is 7.26 Å².